The van der Waals surface area contributed by atoms with Crippen molar-refractivity contribution in [3.05, 3.63) is 23.2 Å². The number of phenols is 1. The molecule has 1 aromatic rings. The molecule has 2 rings (SSSR count). The summed E-state index contributed by atoms with van der Waals surface area (Å²) in [6.45, 7) is 2.09. The summed E-state index contributed by atoms with van der Waals surface area (Å²) in [6.07, 6.45) is 3.73. The van der Waals surface area contributed by atoms with Crippen LogP contribution in [-0.4, -0.2) is 18.2 Å². The highest BCUT2D eigenvalue weighted by atomic mass is 35.5. The van der Waals surface area contributed by atoms with Gasteiger partial charge < -0.3 is 10.0 Å². The van der Waals surface area contributed by atoms with Gasteiger partial charge in [-0.2, -0.15) is 0 Å². The minimum absolute atomic E-state index is 0.176. The van der Waals surface area contributed by atoms with Gasteiger partial charge in [0.15, 0.2) is 0 Å². The van der Waals surface area contributed by atoms with E-state index in [9.17, 15) is 5.11 Å². The molecule has 0 unspecified atom stereocenters. The van der Waals surface area contributed by atoms with Crippen molar-refractivity contribution in [3.8, 4) is 5.75 Å². The first-order valence-electron chi connectivity index (χ1n) is 5.01. The maximum Gasteiger partial charge on any atom is 0.136 e. The maximum absolute atomic E-state index is 9.47. The number of hydrogen-bond acceptors (Lipinski definition) is 2. The molecular formula is C11H14ClNO. The predicted octanol–water partition coefficient (Wildman–Crippen LogP) is 3.04. The molecular weight excluding hydrogens is 198 g/mol. The molecule has 14 heavy (non-hydrogen) atoms. The second kappa shape index (κ2) is 4.09. The van der Waals surface area contributed by atoms with Crippen LogP contribution in [0.5, 0.6) is 5.75 Å². The molecule has 0 spiro atoms. The van der Waals surface area contributed by atoms with Crippen LogP contribution in [0.25, 0.3) is 0 Å². The van der Waals surface area contributed by atoms with Crippen molar-refractivity contribution in [1.29, 1.82) is 0 Å². The first-order chi connectivity index (χ1) is 6.79. The third-order valence-electron chi connectivity index (χ3n) is 2.65. The fourth-order valence-electron chi connectivity index (χ4n) is 1.89. The molecule has 76 valence electrons. The van der Waals surface area contributed by atoms with Crippen LogP contribution in [0, 0.1) is 0 Å². The Labute approximate surface area is 89.1 Å². The van der Waals surface area contributed by atoms with Crippen molar-refractivity contribution in [2.45, 2.75) is 19.3 Å². The van der Waals surface area contributed by atoms with Gasteiger partial charge in [-0.05, 0) is 31.4 Å². The van der Waals surface area contributed by atoms with E-state index >= 15 is 0 Å². The smallest absolute Gasteiger partial charge is 0.136 e. The van der Waals surface area contributed by atoms with Crippen molar-refractivity contribution < 1.29 is 5.11 Å². The van der Waals surface area contributed by atoms with E-state index in [4.69, 9.17) is 11.6 Å². The van der Waals surface area contributed by atoms with E-state index in [-0.39, 0.29) is 5.75 Å². The van der Waals surface area contributed by atoms with Crippen LogP contribution in [0.3, 0.4) is 0 Å². The molecule has 1 saturated heterocycles. The van der Waals surface area contributed by atoms with E-state index in [2.05, 4.69) is 4.90 Å². The molecule has 0 aromatic heterocycles. The lowest BCUT2D eigenvalue weighted by atomic mass is 10.1. The second-order valence-electron chi connectivity index (χ2n) is 3.66. The van der Waals surface area contributed by atoms with Gasteiger partial charge in [0.2, 0.25) is 0 Å². The third-order valence-corrected chi connectivity index (χ3v) is 3.04. The van der Waals surface area contributed by atoms with Gasteiger partial charge in [-0.15, -0.1) is 0 Å². The fraction of sp³-hybridized carbons (Fsp3) is 0.455. The highest BCUT2D eigenvalue weighted by molar-refractivity contribution is 6.34. The SMILES string of the molecule is Oc1cccc(N2CCCCC2)c1Cl. The summed E-state index contributed by atoms with van der Waals surface area (Å²) in [4.78, 5) is 2.24. The monoisotopic (exact) mass is 211 g/mol. The minimum atomic E-state index is 0.176. The zero-order valence-corrected chi connectivity index (χ0v) is 8.80. The van der Waals surface area contributed by atoms with Crippen LogP contribution in [0.15, 0.2) is 18.2 Å². The molecule has 1 N–H and O–H groups in total. The lowest BCUT2D eigenvalue weighted by Crippen LogP contribution is -2.29. The van der Waals surface area contributed by atoms with E-state index in [0.717, 1.165) is 18.8 Å². The zero-order valence-electron chi connectivity index (χ0n) is 8.04. The Morgan fingerprint density at radius 2 is 1.86 bits per heavy atom. The molecule has 1 aliphatic heterocycles. The summed E-state index contributed by atoms with van der Waals surface area (Å²) in [5.41, 5.74) is 0.964. The van der Waals surface area contributed by atoms with Crippen LogP contribution in [-0.2, 0) is 0 Å². The maximum atomic E-state index is 9.47. The van der Waals surface area contributed by atoms with Gasteiger partial charge in [0, 0.05) is 13.1 Å². The minimum Gasteiger partial charge on any atom is -0.506 e. The topological polar surface area (TPSA) is 23.5 Å². The van der Waals surface area contributed by atoms with E-state index in [1.165, 1.54) is 19.3 Å². The van der Waals surface area contributed by atoms with Crippen molar-refractivity contribution in [1.82, 2.24) is 0 Å². The van der Waals surface area contributed by atoms with Gasteiger partial charge in [-0.25, -0.2) is 0 Å². The first-order valence-corrected chi connectivity index (χ1v) is 5.39. The number of piperidine rings is 1. The van der Waals surface area contributed by atoms with Gasteiger partial charge in [0.1, 0.15) is 10.8 Å². The predicted molar refractivity (Wildman–Crippen MR) is 59.2 cm³/mol. The van der Waals surface area contributed by atoms with Gasteiger partial charge in [-0.3, -0.25) is 0 Å². The highest BCUT2D eigenvalue weighted by Crippen LogP contribution is 2.34. The van der Waals surface area contributed by atoms with E-state index < -0.39 is 0 Å². The van der Waals surface area contributed by atoms with Crippen molar-refractivity contribution in [2.24, 2.45) is 0 Å². The number of nitrogens with zero attached hydrogens (tertiary/aromatic N) is 1. The molecule has 0 atom stereocenters. The molecule has 0 radical (unpaired) electrons. The summed E-state index contributed by atoms with van der Waals surface area (Å²) >= 11 is 6.03. The Bertz CT molecular complexity index is 321. The van der Waals surface area contributed by atoms with E-state index in [0.29, 0.717) is 5.02 Å². The Hall–Kier alpha value is -0.890. The van der Waals surface area contributed by atoms with E-state index in [1.807, 2.05) is 12.1 Å². The molecule has 0 aliphatic carbocycles. The van der Waals surface area contributed by atoms with Crippen LogP contribution >= 0.6 is 11.6 Å². The number of anilines is 1. The average Bonchev–Trinajstić information content (AvgIpc) is 2.23. The average molecular weight is 212 g/mol. The lowest BCUT2D eigenvalue weighted by Gasteiger charge is -2.29. The standard InChI is InChI=1S/C11H14ClNO/c12-11-9(5-4-6-10(11)14)13-7-2-1-3-8-13/h4-6,14H,1-3,7-8H2. The number of benzene rings is 1. The molecule has 0 amide bonds. The molecule has 3 heteroatoms. The second-order valence-corrected chi connectivity index (χ2v) is 4.04. The zero-order chi connectivity index (χ0) is 9.97. The number of hydrogen-bond donors (Lipinski definition) is 1. The number of rotatable bonds is 1. The number of halogens is 1. The molecule has 2 nitrogen and oxygen atoms in total. The van der Waals surface area contributed by atoms with Crippen LogP contribution in [0.2, 0.25) is 5.02 Å². The van der Waals surface area contributed by atoms with Crippen LogP contribution < -0.4 is 4.90 Å². The Kier molecular flexibility index (Phi) is 2.82. The normalized spacial score (nSPS) is 17.1. The Morgan fingerprint density at radius 1 is 1.14 bits per heavy atom. The number of phenolic OH excluding ortho intramolecular Hbond substituents is 1. The van der Waals surface area contributed by atoms with Crippen LogP contribution in [0.1, 0.15) is 19.3 Å². The van der Waals surface area contributed by atoms with Crippen molar-refractivity contribution in [2.75, 3.05) is 18.0 Å². The quantitative estimate of drug-likeness (QED) is 0.772. The van der Waals surface area contributed by atoms with Gasteiger partial charge >= 0.3 is 0 Å². The van der Waals surface area contributed by atoms with Gasteiger partial charge in [0.05, 0.1) is 5.69 Å². The molecule has 1 aliphatic rings. The molecule has 0 saturated carbocycles. The van der Waals surface area contributed by atoms with Crippen molar-refractivity contribution in [3.63, 3.8) is 0 Å². The molecule has 0 bridgehead atoms. The van der Waals surface area contributed by atoms with Crippen LogP contribution in [0.4, 0.5) is 5.69 Å². The summed E-state index contributed by atoms with van der Waals surface area (Å²) in [5.74, 6) is 0.176. The Balaban J connectivity index is 2.26. The summed E-state index contributed by atoms with van der Waals surface area (Å²) in [5, 5.41) is 9.95. The fourth-order valence-corrected chi connectivity index (χ4v) is 2.13. The van der Waals surface area contributed by atoms with Gasteiger partial charge in [-0.1, -0.05) is 17.7 Å². The molecule has 1 heterocycles. The van der Waals surface area contributed by atoms with Crippen molar-refractivity contribution >= 4 is 17.3 Å². The lowest BCUT2D eigenvalue weighted by molar-refractivity contribution is 0.475. The highest BCUT2D eigenvalue weighted by Gasteiger charge is 2.14. The first kappa shape index (κ1) is 9.66. The third kappa shape index (κ3) is 1.80. The molecule has 1 fully saturated rings. The van der Waals surface area contributed by atoms with Gasteiger partial charge in [0.25, 0.3) is 0 Å². The Morgan fingerprint density at radius 3 is 2.57 bits per heavy atom. The summed E-state index contributed by atoms with van der Waals surface area (Å²) < 4.78 is 0. The van der Waals surface area contributed by atoms with E-state index in [1.54, 1.807) is 6.07 Å². The largest absolute Gasteiger partial charge is 0.506 e. The number of aromatic hydroxyl groups is 1. The molecule has 1 aromatic carbocycles. The summed E-state index contributed by atoms with van der Waals surface area (Å²) in [6, 6.07) is 5.42. The summed E-state index contributed by atoms with van der Waals surface area (Å²) in [7, 11) is 0.